The molecular weight excluding hydrogens is 250 g/mol. The van der Waals surface area contributed by atoms with Gasteiger partial charge in [-0.25, -0.2) is 8.78 Å². The van der Waals surface area contributed by atoms with Crippen molar-refractivity contribution in [2.24, 2.45) is 7.05 Å². The number of Topliss-reactive ketones (excluding diaryl/α,β-unsaturated/α-hetero) is 1. The Morgan fingerprint density at radius 1 is 1.32 bits per heavy atom. The maximum atomic E-state index is 13.5. The van der Waals surface area contributed by atoms with Crippen molar-refractivity contribution in [3.05, 3.63) is 52.9 Å². The minimum atomic E-state index is -0.703. The largest absolute Gasteiger partial charge is 0.292 e. The van der Waals surface area contributed by atoms with Gasteiger partial charge in [0.15, 0.2) is 5.78 Å². The number of ketones is 1. The Hall–Kier alpha value is -2.04. The normalized spacial score (nSPS) is 10.7. The van der Waals surface area contributed by atoms with Gasteiger partial charge in [-0.05, 0) is 24.6 Å². The van der Waals surface area contributed by atoms with Crippen LogP contribution in [0.15, 0.2) is 24.3 Å². The van der Waals surface area contributed by atoms with E-state index in [-0.39, 0.29) is 17.8 Å². The van der Waals surface area contributed by atoms with Crippen molar-refractivity contribution < 1.29 is 13.6 Å². The minimum absolute atomic E-state index is 0.202. The number of hydrogen-bond acceptors (Lipinski definition) is 2. The van der Waals surface area contributed by atoms with Crippen molar-refractivity contribution in [3.63, 3.8) is 0 Å². The lowest BCUT2D eigenvalue weighted by Crippen LogP contribution is -2.11. The monoisotopic (exact) mass is 264 g/mol. The number of halogens is 2. The molecule has 1 aromatic heterocycles. The van der Waals surface area contributed by atoms with E-state index in [1.54, 1.807) is 13.1 Å². The highest BCUT2D eigenvalue weighted by molar-refractivity contribution is 5.96. The van der Waals surface area contributed by atoms with Crippen LogP contribution in [0.4, 0.5) is 8.78 Å². The third-order valence-corrected chi connectivity index (χ3v) is 2.98. The second-order valence-electron chi connectivity index (χ2n) is 4.30. The number of carbonyl (C=O) groups excluding carboxylic acids is 1. The number of carbonyl (C=O) groups is 1. The molecule has 0 fully saturated rings. The van der Waals surface area contributed by atoms with Gasteiger partial charge in [0.05, 0.1) is 5.69 Å². The molecule has 0 aliphatic carbocycles. The molecule has 0 saturated carbocycles. The molecule has 2 aromatic rings. The van der Waals surface area contributed by atoms with E-state index in [4.69, 9.17) is 0 Å². The average Bonchev–Trinajstić information content (AvgIpc) is 2.75. The lowest BCUT2D eigenvalue weighted by Gasteiger charge is -2.04. The first-order chi connectivity index (χ1) is 9.02. The quantitative estimate of drug-likeness (QED) is 0.796. The van der Waals surface area contributed by atoms with Crippen LogP contribution < -0.4 is 0 Å². The highest BCUT2D eigenvalue weighted by Gasteiger charge is 2.17. The Morgan fingerprint density at radius 3 is 2.47 bits per heavy atom. The van der Waals surface area contributed by atoms with Crippen LogP contribution in [0.3, 0.4) is 0 Å². The fourth-order valence-electron chi connectivity index (χ4n) is 1.91. The summed E-state index contributed by atoms with van der Waals surface area (Å²) in [4.78, 5) is 12.1. The van der Waals surface area contributed by atoms with E-state index in [2.05, 4.69) is 5.10 Å². The Labute approximate surface area is 109 Å². The molecule has 2 rings (SSSR count). The fraction of sp³-hybridized carbons (Fsp3) is 0.286. The predicted octanol–water partition coefficient (Wildman–Crippen LogP) is 2.69. The second-order valence-corrected chi connectivity index (χ2v) is 4.30. The number of hydrogen-bond donors (Lipinski definition) is 0. The van der Waals surface area contributed by atoms with Gasteiger partial charge < -0.3 is 0 Å². The molecule has 3 nitrogen and oxygen atoms in total. The van der Waals surface area contributed by atoms with Gasteiger partial charge in [-0.2, -0.15) is 5.10 Å². The Morgan fingerprint density at radius 2 is 1.95 bits per heavy atom. The Bertz CT molecular complexity index is 600. The van der Waals surface area contributed by atoms with Gasteiger partial charge in [-0.3, -0.25) is 9.48 Å². The van der Waals surface area contributed by atoms with Gasteiger partial charge >= 0.3 is 0 Å². The molecule has 5 heteroatoms. The van der Waals surface area contributed by atoms with Crippen LogP contribution in [0.5, 0.6) is 0 Å². The Balaban J connectivity index is 2.28. The summed E-state index contributed by atoms with van der Waals surface area (Å²) in [6.45, 7) is 1.92. The zero-order valence-electron chi connectivity index (χ0n) is 10.8. The van der Waals surface area contributed by atoms with Gasteiger partial charge in [0, 0.05) is 19.0 Å². The van der Waals surface area contributed by atoms with E-state index in [1.807, 2.05) is 6.92 Å². The van der Waals surface area contributed by atoms with Crippen molar-refractivity contribution in [2.75, 3.05) is 0 Å². The second kappa shape index (κ2) is 5.30. The van der Waals surface area contributed by atoms with Gasteiger partial charge in [0.1, 0.15) is 17.3 Å². The topological polar surface area (TPSA) is 34.9 Å². The SMILES string of the molecule is CCc1cc(C(=O)Cc2c(F)cccc2F)n(C)n1. The third kappa shape index (κ3) is 2.70. The molecule has 0 aliphatic rings. The van der Waals surface area contributed by atoms with E-state index in [9.17, 15) is 13.6 Å². The van der Waals surface area contributed by atoms with E-state index in [0.717, 1.165) is 17.8 Å². The van der Waals surface area contributed by atoms with Crippen molar-refractivity contribution in [1.29, 1.82) is 0 Å². The maximum absolute atomic E-state index is 13.5. The van der Waals surface area contributed by atoms with E-state index < -0.39 is 11.6 Å². The summed E-state index contributed by atoms with van der Waals surface area (Å²) in [6, 6.07) is 5.22. The van der Waals surface area contributed by atoms with Crippen LogP contribution in [0.2, 0.25) is 0 Å². The zero-order chi connectivity index (χ0) is 14.0. The van der Waals surface area contributed by atoms with Crippen LogP contribution in [-0.2, 0) is 19.9 Å². The molecule has 0 radical (unpaired) electrons. The van der Waals surface area contributed by atoms with Gasteiger partial charge in [-0.1, -0.05) is 13.0 Å². The zero-order valence-corrected chi connectivity index (χ0v) is 10.8. The molecule has 0 N–H and O–H groups in total. The van der Waals surface area contributed by atoms with Crippen LogP contribution in [0.25, 0.3) is 0 Å². The van der Waals surface area contributed by atoms with E-state index in [1.165, 1.54) is 10.7 Å². The highest BCUT2D eigenvalue weighted by atomic mass is 19.1. The minimum Gasteiger partial charge on any atom is -0.292 e. The smallest absolute Gasteiger partial charge is 0.185 e. The molecule has 0 saturated heterocycles. The first kappa shape index (κ1) is 13.4. The van der Waals surface area contributed by atoms with Crippen molar-refractivity contribution in [2.45, 2.75) is 19.8 Å². The molecule has 0 aliphatic heterocycles. The molecule has 0 spiro atoms. The van der Waals surface area contributed by atoms with Crippen molar-refractivity contribution in [1.82, 2.24) is 9.78 Å². The van der Waals surface area contributed by atoms with Crippen LogP contribution in [-0.4, -0.2) is 15.6 Å². The average molecular weight is 264 g/mol. The molecule has 1 aromatic carbocycles. The van der Waals surface area contributed by atoms with E-state index >= 15 is 0 Å². The third-order valence-electron chi connectivity index (χ3n) is 2.98. The van der Waals surface area contributed by atoms with E-state index in [0.29, 0.717) is 12.1 Å². The van der Waals surface area contributed by atoms with Crippen molar-refractivity contribution in [3.8, 4) is 0 Å². The van der Waals surface area contributed by atoms with Gasteiger partial charge in [0.2, 0.25) is 0 Å². The molecule has 0 atom stereocenters. The number of aryl methyl sites for hydroxylation is 2. The molecule has 19 heavy (non-hydrogen) atoms. The van der Waals surface area contributed by atoms with Gasteiger partial charge in [0.25, 0.3) is 0 Å². The fourth-order valence-corrected chi connectivity index (χ4v) is 1.91. The lowest BCUT2D eigenvalue weighted by atomic mass is 10.1. The molecular formula is C14H14F2N2O. The molecule has 0 amide bonds. The summed E-state index contributed by atoms with van der Waals surface area (Å²) >= 11 is 0. The number of nitrogens with zero attached hydrogens (tertiary/aromatic N) is 2. The summed E-state index contributed by atoms with van der Waals surface area (Å²) in [5, 5.41) is 4.15. The van der Waals surface area contributed by atoms with Crippen molar-refractivity contribution >= 4 is 5.78 Å². The van der Waals surface area contributed by atoms with Crippen LogP contribution >= 0.6 is 0 Å². The number of benzene rings is 1. The Kier molecular flexibility index (Phi) is 3.74. The summed E-state index contributed by atoms with van der Waals surface area (Å²) in [5.41, 5.74) is 0.936. The maximum Gasteiger partial charge on any atom is 0.185 e. The summed E-state index contributed by atoms with van der Waals surface area (Å²) in [5.74, 6) is -1.75. The first-order valence-corrected chi connectivity index (χ1v) is 6.02. The highest BCUT2D eigenvalue weighted by Crippen LogP contribution is 2.15. The molecule has 100 valence electrons. The molecule has 1 heterocycles. The first-order valence-electron chi connectivity index (χ1n) is 6.02. The number of aromatic nitrogens is 2. The summed E-state index contributed by atoms with van der Waals surface area (Å²) in [7, 11) is 1.64. The number of rotatable bonds is 4. The standard InChI is InChI=1S/C14H14F2N2O/c1-3-9-7-13(18(2)17-9)14(19)8-10-11(15)5-4-6-12(10)16/h4-7H,3,8H2,1-2H3. The molecule has 0 bridgehead atoms. The predicted molar refractivity (Wildman–Crippen MR) is 67.0 cm³/mol. The van der Waals surface area contributed by atoms with Crippen LogP contribution in [0, 0.1) is 11.6 Å². The van der Waals surface area contributed by atoms with Gasteiger partial charge in [-0.15, -0.1) is 0 Å². The summed E-state index contributed by atoms with van der Waals surface area (Å²) in [6.07, 6.45) is 0.399. The van der Waals surface area contributed by atoms with Crippen LogP contribution in [0.1, 0.15) is 28.7 Å². The molecule has 0 unspecified atom stereocenters. The lowest BCUT2D eigenvalue weighted by molar-refractivity contribution is 0.0981. The summed E-state index contributed by atoms with van der Waals surface area (Å²) < 4.78 is 28.4.